The lowest BCUT2D eigenvalue weighted by Gasteiger charge is -2.16. The molecule has 1 aromatic carbocycles. The number of hydrogen-bond donors (Lipinski definition) is 1. The zero-order valence-corrected chi connectivity index (χ0v) is 13.1. The number of benzene rings is 1. The van der Waals surface area contributed by atoms with Gasteiger partial charge in [0.15, 0.2) is 0 Å². The molecule has 2 rings (SSSR count). The van der Waals surface area contributed by atoms with Crippen LogP contribution in [0.5, 0.6) is 0 Å². The Hall–Kier alpha value is -1.38. The highest BCUT2D eigenvalue weighted by molar-refractivity contribution is 7.70. The van der Waals surface area contributed by atoms with Crippen molar-refractivity contribution in [1.29, 1.82) is 0 Å². The molecule has 0 fully saturated rings. The van der Waals surface area contributed by atoms with E-state index in [1.165, 1.54) is 18.5 Å². The number of pyridine rings is 1. The van der Waals surface area contributed by atoms with Gasteiger partial charge in [-0.1, -0.05) is 17.7 Å². The number of anilines is 2. The molecular formula is C14H15ClFN2OP. The second-order valence-electron chi connectivity index (χ2n) is 4.98. The van der Waals surface area contributed by atoms with E-state index in [-0.39, 0.29) is 5.82 Å². The number of halogens is 2. The molecular weight excluding hydrogens is 298 g/mol. The van der Waals surface area contributed by atoms with Gasteiger partial charge in [0, 0.05) is 6.20 Å². The van der Waals surface area contributed by atoms with E-state index < -0.39 is 7.14 Å². The smallest absolute Gasteiger partial charge is 0.146 e. The summed E-state index contributed by atoms with van der Waals surface area (Å²) in [5.74, 6) is -0.377. The first-order chi connectivity index (χ1) is 9.29. The zero-order chi connectivity index (χ0) is 14.9. The molecule has 0 saturated carbocycles. The van der Waals surface area contributed by atoms with Crippen LogP contribution in [-0.2, 0) is 4.57 Å². The molecule has 0 aliphatic rings. The highest BCUT2D eigenvalue weighted by Crippen LogP contribution is 2.41. The van der Waals surface area contributed by atoms with Gasteiger partial charge in [0.2, 0.25) is 0 Å². The van der Waals surface area contributed by atoms with E-state index in [9.17, 15) is 8.96 Å². The number of nitrogens with zero attached hydrogens (tertiary/aromatic N) is 1. The van der Waals surface area contributed by atoms with Gasteiger partial charge in [-0.2, -0.15) is 0 Å². The van der Waals surface area contributed by atoms with Crippen LogP contribution >= 0.6 is 18.7 Å². The molecule has 106 valence electrons. The van der Waals surface area contributed by atoms with E-state index >= 15 is 0 Å². The van der Waals surface area contributed by atoms with Crippen molar-refractivity contribution in [1.82, 2.24) is 4.98 Å². The predicted octanol–water partition coefficient (Wildman–Crippen LogP) is 4.17. The van der Waals surface area contributed by atoms with Crippen LogP contribution in [0.3, 0.4) is 0 Å². The maximum absolute atomic E-state index is 13.9. The van der Waals surface area contributed by atoms with Crippen LogP contribution in [0.4, 0.5) is 15.8 Å². The third-order valence-corrected chi connectivity index (χ3v) is 4.78. The van der Waals surface area contributed by atoms with Gasteiger partial charge in [0.05, 0.1) is 27.9 Å². The summed E-state index contributed by atoms with van der Waals surface area (Å²) in [6, 6.07) is 4.85. The average molecular weight is 313 g/mol. The topological polar surface area (TPSA) is 42.0 Å². The molecule has 0 atom stereocenters. The molecule has 1 aromatic heterocycles. The molecule has 0 amide bonds. The molecule has 2 aromatic rings. The summed E-state index contributed by atoms with van der Waals surface area (Å²) in [5, 5.41) is 3.72. The van der Waals surface area contributed by atoms with Crippen LogP contribution in [0.1, 0.15) is 5.56 Å². The fraction of sp³-hybridized carbons (Fsp3) is 0.214. The van der Waals surface area contributed by atoms with Crippen LogP contribution in [0.25, 0.3) is 0 Å². The molecule has 0 aliphatic carbocycles. The summed E-state index contributed by atoms with van der Waals surface area (Å²) in [6.07, 6.45) is 2.94. The molecule has 1 heterocycles. The van der Waals surface area contributed by atoms with Crippen molar-refractivity contribution < 1.29 is 8.96 Å². The Morgan fingerprint density at radius 2 is 1.95 bits per heavy atom. The van der Waals surface area contributed by atoms with Gasteiger partial charge in [0.25, 0.3) is 0 Å². The Kier molecular flexibility index (Phi) is 4.17. The average Bonchev–Trinajstić information content (AvgIpc) is 2.31. The molecule has 0 saturated heterocycles. The Balaban J connectivity index is 2.49. The molecule has 0 bridgehead atoms. The quantitative estimate of drug-likeness (QED) is 0.865. The molecule has 20 heavy (non-hydrogen) atoms. The van der Waals surface area contributed by atoms with E-state index in [1.807, 2.05) is 6.92 Å². The number of aryl methyl sites for hydroxylation is 1. The van der Waals surface area contributed by atoms with Gasteiger partial charge >= 0.3 is 0 Å². The number of nitrogens with one attached hydrogen (secondary N) is 1. The SMILES string of the molecule is Cc1ccc(Nc2cncc(Cl)c2P(C)(C)=O)c(F)c1. The Morgan fingerprint density at radius 3 is 2.55 bits per heavy atom. The standard InChI is InChI=1S/C14H15ClFN2OP/c1-9-4-5-12(11(16)6-9)18-13-8-17-7-10(15)14(13)20(2,3)19/h4-8,18H,1-3H3. The van der Waals surface area contributed by atoms with Gasteiger partial charge in [-0.25, -0.2) is 4.39 Å². The van der Waals surface area contributed by atoms with Crippen molar-refractivity contribution in [3.8, 4) is 0 Å². The highest BCUT2D eigenvalue weighted by atomic mass is 35.5. The van der Waals surface area contributed by atoms with Gasteiger partial charge in [-0.15, -0.1) is 0 Å². The van der Waals surface area contributed by atoms with Gasteiger partial charge in [0.1, 0.15) is 13.0 Å². The van der Waals surface area contributed by atoms with E-state index in [4.69, 9.17) is 11.6 Å². The Morgan fingerprint density at radius 1 is 1.25 bits per heavy atom. The molecule has 0 unspecified atom stereocenters. The summed E-state index contributed by atoms with van der Waals surface area (Å²) < 4.78 is 26.2. The number of hydrogen-bond acceptors (Lipinski definition) is 3. The highest BCUT2D eigenvalue weighted by Gasteiger charge is 2.21. The van der Waals surface area contributed by atoms with Crippen LogP contribution < -0.4 is 10.6 Å². The van der Waals surface area contributed by atoms with Crippen molar-refractivity contribution >= 4 is 35.4 Å². The fourth-order valence-corrected chi connectivity index (χ4v) is 3.97. The first kappa shape index (κ1) is 15.0. The third-order valence-electron chi connectivity index (χ3n) is 2.81. The first-order valence-electron chi connectivity index (χ1n) is 6.01. The maximum atomic E-state index is 13.9. The molecule has 6 heteroatoms. The third kappa shape index (κ3) is 3.20. The van der Waals surface area contributed by atoms with Crippen molar-refractivity contribution in [2.45, 2.75) is 6.92 Å². The molecule has 3 nitrogen and oxygen atoms in total. The van der Waals surface area contributed by atoms with Crippen LogP contribution in [0.15, 0.2) is 30.6 Å². The van der Waals surface area contributed by atoms with Crippen molar-refractivity contribution in [3.63, 3.8) is 0 Å². The molecule has 0 aliphatic heterocycles. The second-order valence-corrected chi connectivity index (χ2v) is 8.53. The van der Waals surface area contributed by atoms with Gasteiger partial charge < -0.3 is 9.88 Å². The fourth-order valence-electron chi connectivity index (χ4n) is 1.93. The van der Waals surface area contributed by atoms with E-state index in [2.05, 4.69) is 10.3 Å². The second kappa shape index (κ2) is 5.55. The maximum Gasteiger partial charge on any atom is 0.146 e. The van der Waals surface area contributed by atoms with E-state index in [1.54, 1.807) is 25.5 Å². The summed E-state index contributed by atoms with van der Waals surface area (Å²) in [7, 11) is -2.61. The van der Waals surface area contributed by atoms with E-state index in [0.29, 0.717) is 21.7 Å². The Labute approximate surface area is 122 Å². The Bertz CT molecular complexity index is 700. The minimum Gasteiger partial charge on any atom is -0.351 e. The molecule has 0 spiro atoms. The largest absolute Gasteiger partial charge is 0.351 e. The minimum atomic E-state index is -2.61. The summed E-state index contributed by atoms with van der Waals surface area (Å²) >= 11 is 6.08. The lowest BCUT2D eigenvalue weighted by Crippen LogP contribution is -2.12. The molecule has 1 N–H and O–H groups in total. The summed E-state index contributed by atoms with van der Waals surface area (Å²) in [4.78, 5) is 3.96. The number of rotatable bonds is 3. The summed E-state index contributed by atoms with van der Waals surface area (Å²) in [5.41, 5.74) is 1.59. The lowest BCUT2D eigenvalue weighted by molar-refractivity contribution is 0.588. The lowest BCUT2D eigenvalue weighted by atomic mass is 10.2. The summed E-state index contributed by atoms with van der Waals surface area (Å²) in [6.45, 7) is 5.04. The molecule has 0 radical (unpaired) electrons. The minimum absolute atomic E-state index is 0.300. The van der Waals surface area contributed by atoms with Crippen molar-refractivity contribution in [2.24, 2.45) is 0 Å². The van der Waals surface area contributed by atoms with Gasteiger partial charge in [-0.05, 0) is 37.9 Å². The predicted molar refractivity (Wildman–Crippen MR) is 82.8 cm³/mol. The normalized spacial score (nSPS) is 11.4. The zero-order valence-electron chi connectivity index (χ0n) is 11.4. The number of aromatic nitrogens is 1. The van der Waals surface area contributed by atoms with Crippen molar-refractivity contribution in [3.05, 3.63) is 47.0 Å². The first-order valence-corrected chi connectivity index (χ1v) is 8.99. The van der Waals surface area contributed by atoms with Gasteiger partial charge in [-0.3, -0.25) is 4.98 Å². The van der Waals surface area contributed by atoms with Crippen LogP contribution in [-0.4, -0.2) is 18.3 Å². The van der Waals surface area contributed by atoms with Crippen molar-refractivity contribution in [2.75, 3.05) is 18.6 Å². The monoisotopic (exact) mass is 312 g/mol. The van der Waals surface area contributed by atoms with Crippen LogP contribution in [0.2, 0.25) is 5.02 Å². The van der Waals surface area contributed by atoms with E-state index in [0.717, 1.165) is 5.56 Å². The van der Waals surface area contributed by atoms with Crippen LogP contribution in [0, 0.1) is 12.7 Å².